The molecule has 0 bridgehead atoms. The Labute approximate surface area is 218 Å². The van der Waals surface area contributed by atoms with Gasteiger partial charge in [-0.2, -0.15) is 0 Å². The highest BCUT2D eigenvalue weighted by molar-refractivity contribution is 6.00. The average molecular weight is 512 g/mol. The number of anilines is 1. The zero-order valence-corrected chi connectivity index (χ0v) is 22.0. The van der Waals surface area contributed by atoms with Gasteiger partial charge in [-0.3, -0.25) is 4.79 Å². The number of allylic oxidation sites excluding steroid dienone is 9. The van der Waals surface area contributed by atoms with Crippen LogP contribution in [0, 0.1) is 28.8 Å². The van der Waals surface area contributed by atoms with Crippen molar-refractivity contribution < 1.29 is 19.4 Å². The Balaban J connectivity index is 0.00000507. The lowest BCUT2D eigenvalue weighted by Gasteiger charge is -2.37. The van der Waals surface area contributed by atoms with E-state index >= 15 is 0 Å². The van der Waals surface area contributed by atoms with E-state index < -0.39 is 29.0 Å². The lowest BCUT2D eigenvalue weighted by atomic mass is 9.68. The number of hydrogen-bond acceptors (Lipinski definition) is 2. The lowest BCUT2D eigenvalue weighted by molar-refractivity contribution is -0.112. The van der Waals surface area contributed by atoms with E-state index in [2.05, 4.69) is 47.8 Å². The highest BCUT2D eigenvalue weighted by Crippen LogP contribution is 2.44. The smallest absolute Gasteiger partial charge is 0.248 e. The highest BCUT2D eigenvalue weighted by Gasteiger charge is 2.31. The van der Waals surface area contributed by atoms with Gasteiger partial charge in [-0.1, -0.05) is 55.4 Å². The van der Waals surface area contributed by atoms with Crippen LogP contribution in [0.4, 0.5) is 18.9 Å². The summed E-state index contributed by atoms with van der Waals surface area (Å²) < 4.78 is 42.9. The normalized spacial score (nSPS) is 18.8. The SMILES string of the molecule is CC1=C(/C=C/C(C)=C/C=C/C(C)=C/C(=O)Nc2c(F)ccc(F)c2F)C(C)(C)CCC1Cn1ccnc1.[HH]. The molecule has 1 aromatic carbocycles. The first kappa shape index (κ1) is 28.0. The molecule has 1 heterocycles. The second-order valence-electron chi connectivity index (χ2n) is 10.2. The highest BCUT2D eigenvalue weighted by atomic mass is 19.2. The number of hydrogen-bond donors (Lipinski definition) is 1. The Bertz CT molecular complexity index is 1290. The fraction of sp³-hybridized carbons (Fsp3) is 0.333. The Morgan fingerprint density at radius 1 is 1.19 bits per heavy atom. The third-order valence-electron chi connectivity index (χ3n) is 6.76. The molecular formula is C30H36F3N3O. The molecule has 1 aromatic heterocycles. The molecule has 1 aliphatic carbocycles. The van der Waals surface area contributed by atoms with Crippen LogP contribution in [0.25, 0.3) is 0 Å². The number of benzene rings is 1. The zero-order valence-electron chi connectivity index (χ0n) is 22.0. The summed E-state index contributed by atoms with van der Waals surface area (Å²) in [6.07, 6.45) is 18.8. The molecule has 1 N–H and O–H groups in total. The van der Waals surface area contributed by atoms with Gasteiger partial charge in [-0.05, 0) is 68.2 Å². The van der Waals surface area contributed by atoms with Crippen molar-refractivity contribution >= 4 is 11.6 Å². The number of imidazole rings is 1. The maximum Gasteiger partial charge on any atom is 0.248 e. The van der Waals surface area contributed by atoms with E-state index in [0.29, 0.717) is 17.6 Å². The van der Waals surface area contributed by atoms with Gasteiger partial charge in [0.05, 0.1) is 6.33 Å². The number of nitrogens with one attached hydrogen (secondary N) is 1. The molecule has 198 valence electrons. The maximum absolute atomic E-state index is 13.8. The number of carbonyl (C=O) groups is 1. The first-order valence-electron chi connectivity index (χ1n) is 12.3. The van der Waals surface area contributed by atoms with Gasteiger partial charge >= 0.3 is 0 Å². The van der Waals surface area contributed by atoms with Crippen molar-refractivity contribution in [2.75, 3.05) is 5.32 Å². The molecule has 0 aliphatic heterocycles. The number of nitrogens with zero attached hydrogens (tertiary/aromatic N) is 2. The van der Waals surface area contributed by atoms with E-state index in [1.54, 1.807) is 19.1 Å². The van der Waals surface area contributed by atoms with E-state index in [9.17, 15) is 18.0 Å². The fourth-order valence-corrected chi connectivity index (χ4v) is 4.55. The molecule has 0 saturated carbocycles. The lowest BCUT2D eigenvalue weighted by Crippen LogP contribution is -2.26. The summed E-state index contributed by atoms with van der Waals surface area (Å²) in [7, 11) is 0. The summed E-state index contributed by atoms with van der Waals surface area (Å²) in [5.74, 6) is -3.99. The van der Waals surface area contributed by atoms with Gasteiger partial charge in [0.15, 0.2) is 11.6 Å². The molecular weight excluding hydrogens is 475 g/mol. The van der Waals surface area contributed by atoms with Gasteiger partial charge in [0.1, 0.15) is 11.5 Å². The van der Waals surface area contributed by atoms with Crippen molar-refractivity contribution in [3.05, 3.63) is 107 Å². The molecule has 0 radical (unpaired) electrons. The first-order valence-corrected chi connectivity index (χ1v) is 12.3. The number of carbonyl (C=O) groups excluding carboxylic acids is 1. The minimum Gasteiger partial charge on any atom is -0.337 e. The summed E-state index contributed by atoms with van der Waals surface area (Å²) >= 11 is 0. The van der Waals surface area contributed by atoms with Crippen LogP contribution in [-0.2, 0) is 11.3 Å². The standard InChI is InChI=1S/C30H34F3N3O.H2/c1-20(7-6-8-21(2)17-27(37)35-29-26(32)12-11-25(31)28(29)33)9-10-24-22(3)23(13-14-30(24,4)5)18-36-16-15-34-19-36;/h6-12,15-17,19,23H,13-14,18H2,1-5H3,(H,35,37);1H/b8-6+,10-9+,20-7+,21-17+;. The second kappa shape index (κ2) is 12.1. The Kier molecular flexibility index (Phi) is 9.14. The minimum absolute atomic E-state index is 0. The number of halogens is 3. The van der Waals surface area contributed by atoms with Gasteiger partial charge in [-0.25, -0.2) is 18.2 Å². The zero-order chi connectivity index (χ0) is 27.2. The summed E-state index contributed by atoms with van der Waals surface area (Å²) in [4.78, 5) is 16.3. The summed E-state index contributed by atoms with van der Waals surface area (Å²) in [5.41, 5.74) is 3.64. The quantitative estimate of drug-likeness (QED) is 0.222. The number of rotatable bonds is 8. The van der Waals surface area contributed by atoms with Crippen LogP contribution in [0.1, 0.15) is 48.9 Å². The van der Waals surface area contributed by atoms with Crippen molar-refractivity contribution in [2.24, 2.45) is 11.3 Å². The fourth-order valence-electron chi connectivity index (χ4n) is 4.55. The van der Waals surface area contributed by atoms with Crippen LogP contribution in [0.15, 0.2) is 89.6 Å². The molecule has 1 unspecified atom stereocenters. The van der Waals surface area contributed by atoms with Crippen LogP contribution in [0.3, 0.4) is 0 Å². The molecule has 7 heteroatoms. The van der Waals surface area contributed by atoms with Crippen molar-refractivity contribution in [3.63, 3.8) is 0 Å². The molecule has 1 aliphatic rings. The van der Waals surface area contributed by atoms with Gasteiger partial charge in [0.25, 0.3) is 0 Å². The third kappa shape index (κ3) is 7.44. The minimum atomic E-state index is -1.43. The van der Waals surface area contributed by atoms with E-state index in [1.807, 2.05) is 31.7 Å². The van der Waals surface area contributed by atoms with Gasteiger partial charge in [0.2, 0.25) is 5.91 Å². The average Bonchev–Trinajstić information content (AvgIpc) is 3.34. The van der Waals surface area contributed by atoms with Crippen molar-refractivity contribution in [3.8, 4) is 0 Å². The molecule has 0 spiro atoms. The Hall–Kier alpha value is -3.61. The molecule has 4 nitrogen and oxygen atoms in total. The van der Waals surface area contributed by atoms with Gasteiger partial charge in [-0.15, -0.1) is 0 Å². The molecule has 37 heavy (non-hydrogen) atoms. The molecule has 0 fully saturated rings. The molecule has 1 amide bonds. The van der Waals surface area contributed by atoms with Crippen LogP contribution < -0.4 is 5.32 Å². The van der Waals surface area contributed by atoms with Gasteiger partial charge < -0.3 is 9.88 Å². The van der Waals surface area contributed by atoms with E-state index in [0.717, 1.165) is 31.0 Å². The topological polar surface area (TPSA) is 46.9 Å². The summed E-state index contributed by atoms with van der Waals surface area (Å²) in [5, 5.41) is 2.06. The Morgan fingerprint density at radius 3 is 2.62 bits per heavy atom. The monoisotopic (exact) mass is 511 g/mol. The number of amides is 1. The van der Waals surface area contributed by atoms with E-state index in [1.165, 1.54) is 17.2 Å². The van der Waals surface area contributed by atoms with E-state index in [4.69, 9.17) is 0 Å². The van der Waals surface area contributed by atoms with Crippen molar-refractivity contribution in [1.82, 2.24) is 9.55 Å². The summed E-state index contributed by atoms with van der Waals surface area (Å²) in [6, 6.07) is 1.43. The predicted molar refractivity (Wildman–Crippen MR) is 144 cm³/mol. The predicted octanol–water partition coefficient (Wildman–Crippen LogP) is 7.94. The van der Waals surface area contributed by atoms with Crippen LogP contribution in [0.5, 0.6) is 0 Å². The van der Waals surface area contributed by atoms with Crippen LogP contribution in [-0.4, -0.2) is 15.5 Å². The molecule has 1 atom stereocenters. The molecule has 0 saturated heterocycles. The van der Waals surface area contributed by atoms with Crippen LogP contribution in [0.2, 0.25) is 0 Å². The maximum atomic E-state index is 13.8. The Morgan fingerprint density at radius 2 is 1.92 bits per heavy atom. The summed E-state index contributed by atoms with van der Waals surface area (Å²) in [6.45, 7) is 11.4. The largest absolute Gasteiger partial charge is 0.337 e. The molecule has 2 aromatic rings. The van der Waals surface area contributed by atoms with E-state index in [-0.39, 0.29) is 6.84 Å². The van der Waals surface area contributed by atoms with Crippen molar-refractivity contribution in [2.45, 2.75) is 54.0 Å². The van der Waals surface area contributed by atoms with Gasteiger partial charge in [0, 0.05) is 26.4 Å². The van der Waals surface area contributed by atoms with Crippen LogP contribution >= 0.6 is 0 Å². The molecule has 3 rings (SSSR count). The third-order valence-corrected chi connectivity index (χ3v) is 6.76. The first-order chi connectivity index (χ1) is 17.5. The number of aromatic nitrogens is 2. The van der Waals surface area contributed by atoms with Crippen molar-refractivity contribution in [1.29, 1.82) is 0 Å². The second-order valence-corrected chi connectivity index (χ2v) is 10.2.